The summed E-state index contributed by atoms with van der Waals surface area (Å²) in [6.45, 7) is 1.59. The zero-order valence-electron chi connectivity index (χ0n) is 6.92. The molecule has 0 aliphatic heterocycles. The van der Waals surface area contributed by atoms with E-state index in [1.54, 1.807) is 6.92 Å². The molecular formula is C9H7F2NO. The van der Waals surface area contributed by atoms with E-state index in [0.717, 1.165) is 12.1 Å². The molecule has 1 aromatic carbocycles. The second-order valence-electron chi connectivity index (χ2n) is 2.57. The van der Waals surface area contributed by atoms with Gasteiger partial charge in [-0.1, -0.05) is 6.07 Å². The van der Waals surface area contributed by atoms with Gasteiger partial charge in [-0.15, -0.1) is 0 Å². The van der Waals surface area contributed by atoms with Gasteiger partial charge < -0.3 is 0 Å². The van der Waals surface area contributed by atoms with Crippen LogP contribution in [0.25, 0.3) is 0 Å². The van der Waals surface area contributed by atoms with E-state index in [4.69, 9.17) is 0 Å². The molecule has 0 amide bonds. The van der Waals surface area contributed by atoms with Gasteiger partial charge in [-0.2, -0.15) is 4.99 Å². The lowest BCUT2D eigenvalue weighted by atomic mass is 10.1. The van der Waals surface area contributed by atoms with Gasteiger partial charge in [-0.3, -0.25) is 0 Å². The lowest BCUT2D eigenvalue weighted by Crippen LogP contribution is -1.92. The van der Waals surface area contributed by atoms with Gasteiger partial charge in [-0.25, -0.2) is 13.6 Å². The maximum absolute atomic E-state index is 12.7. The smallest absolute Gasteiger partial charge is 0.211 e. The molecule has 0 spiro atoms. The van der Waals surface area contributed by atoms with Crippen LogP contribution in [0, 0.1) is 11.6 Å². The van der Waals surface area contributed by atoms with Crippen LogP contribution in [0.15, 0.2) is 23.2 Å². The van der Waals surface area contributed by atoms with Crippen LogP contribution in [0.2, 0.25) is 0 Å². The van der Waals surface area contributed by atoms with Gasteiger partial charge in [-0.05, 0) is 24.6 Å². The Morgan fingerprint density at radius 3 is 2.62 bits per heavy atom. The number of hydrogen-bond donors (Lipinski definition) is 0. The molecule has 13 heavy (non-hydrogen) atoms. The molecule has 0 aliphatic rings. The van der Waals surface area contributed by atoms with Crippen molar-refractivity contribution >= 4 is 6.08 Å². The van der Waals surface area contributed by atoms with E-state index in [2.05, 4.69) is 4.99 Å². The summed E-state index contributed by atoms with van der Waals surface area (Å²) in [6.07, 6.45) is 1.36. The zero-order valence-corrected chi connectivity index (χ0v) is 6.92. The molecule has 1 unspecified atom stereocenters. The van der Waals surface area contributed by atoms with Crippen molar-refractivity contribution in [1.82, 2.24) is 0 Å². The average Bonchev–Trinajstić information content (AvgIpc) is 2.10. The number of aliphatic imine (C=N–C) groups is 1. The van der Waals surface area contributed by atoms with E-state index in [1.807, 2.05) is 0 Å². The molecular weight excluding hydrogens is 176 g/mol. The van der Waals surface area contributed by atoms with Crippen molar-refractivity contribution in [2.24, 2.45) is 4.99 Å². The van der Waals surface area contributed by atoms with Crippen molar-refractivity contribution in [3.63, 3.8) is 0 Å². The highest BCUT2D eigenvalue weighted by atomic mass is 19.2. The summed E-state index contributed by atoms with van der Waals surface area (Å²) in [5.74, 6) is -1.85. The van der Waals surface area contributed by atoms with Crippen molar-refractivity contribution in [3.8, 4) is 0 Å². The standard InChI is InChI=1S/C9H7F2NO/c1-6(12-5-13)7-2-3-8(10)9(11)4-7/h2-4,6H,1H3. The van der Waals surface area contributed by atoms with E-state index < -0.39 is 17.7 Å². The molecule has 0 aliphatic carbocycles. The Labute approximate surface area is 73.9 Å². The molecule has 1 rings (SSSR count). The Kier molecular flexibility index (Phi) is 2.88. The summed E-state index contributed by atoms with van der Waals surface area (Å²) < 4.78 is 25.1. The first-order valence-electron chi connectivity index (χ1n) is 3.67. The topological polar surface area (TPSA) is 29.4 Å². The van der Waals surface area contributed by atoms with E-state index in [1.165, 1.54) is 12.1 Å². The van der Waals surface area contributed by atoms with Crippen LogP contribution in [0.1, 0.15) is 18.5 Å². The molecule has 0 saturated carbocycles. The lowest BCUT2D eigenvalue weighted by Gasteiger charge is -2.03. The summed E-state index contributed by atoms with van der Waals surface area (Å²) in [4.78, 5) is 13.3. The maximum Gasteiger partial charge on any atom is 0.235 e. The van der Waals surface area contributed by atoms with Gasteiger partial charge in [0.1, 0.15) is 0 Å². The Bertz CT molecular complexity index is 359. The van der Waals surface area contributed by atoms with Gasteiger partial charge in [0.2, 0.25) is 6.08 Å². The molecule has 4 heteroatoms. The molecule has 0 radical (unpaired) electrons. The summed E-state index contributed by atoms with van der Waals surface area (Å²) >= 11 is 0. The molecule has 0 saturated heterocycles. The number of nitrogens with zero attached hydrogens (tertiary/aromatic N) is 1. The first-order valence-corrected chi connectivity index (χ1v) is 3.67. The molecule has 0 aromatic heterocycles. The second-order valence-corrected chi connectivity index (χ2v) is 2.57. The first-order chi connectivity index (χ1) is 6.15. The molecule has 1 atom stereocenters. The van der Waals surface area contributed by atoms with Crippen molar-refractivity contribution in [2.45, 2.75) is 13.0 Å². The fraction of sp³-hybridized carbons (Fsp3) is 0.222. The Morgan fingerprint density at radius 2 is 2.08 bits per heavy atom. The largest absolute Gasteiger partial charge is 0.235 e. The third kappa shape index (κ3) is 2.20. The lowest BCUT2D eigenvalue weighted by molar-refractivity contribution is 0.505. The summed E-state index contributed by atoms with van der Waals surface area (Å²) in [6, 6.07) is 2.90. The number of rotatable bonds is 2. The average molecular weight is 183 g/mol. The fourth-order valence-electron chi connectivity index (χ4n) is 0.926. The fourth-order valence-corrected chi connectivity index (χ4v) is 0.926. The van der Waals surface area contributed by atoms with Gasteiger partial charge in [0, 0.05) is 0 Å². The molecule has 0 bridgehead atoms. The SMILES string of the molecule is CC(N=C=O)c1ccc(F)c(F)c1. The van der Waals surface area contributed by atoms with Crippen LogP contribution >= 0.6 is 0 Å². The van der Waals surface area contributed by atoms with Crippen LogP contribution in [-0.2, 0) is 4.79 Å². The minimum atomic E-state index is -0.939. The van der Waals surface area contributed by atoms with Crippen molar-refractivity contribution in [2.75, 3.05) is 0 Å². The zero-order chi connectivity index (χ0) is 9.84. The molecule has 0 N–H and O–H groups in total. The molecule has 0 fully saturated rings. The third-order valence-corrected chi connectivity index (χ3v) is 1.67. The number of halogens is 2. The van der Waals surface area contributed by atoms with Crippen LogP contribution in [0.5, 0.6) is 0 Å². The van der Waals surface area contributed by atoms with Gasteiger partial charge in [0.15, 0.2) is 11.6 Å². The van der Waals surface area contributed by atoms with Gasteiger partial charge >= 0.3 is 0 Å². The third-order valence-electron chi connectivity index (χ3n) is 1.67. The molecule has 1 aromatic rings. The van der Waals surface area contributed by atoms with Crippen LogP contribution in [0.4, 0.5) is 8.78 Å². The molecule has 0 heterocycles. The second kappa shape index (κ2) is 3.92. The van der Waals surface area contributed by atoms with Crippen LogP contribution < -0.4 is 0 Å². The normalized spacial score (nSPS) is 11.9. The van der Waals surface area contributed by atoms with Gasteiger partial charge in [0.05, 0.1) is 6.04 Å². The Balaban J connectivity index is 3.03. The van der Waals surface area contributed by atoms with E-state index >= 15 is 0 Å². The number of isocyanates is 1. The van der Waals surface area contributed by atoms with E-state index in [0.29, 0.717) is 5.56 Å². The Morgan fingerprint density at radius 1 is 1.38 bits per heavy atom. The van der Waals surface area contributed by atoms with Crippen molar-refractivity contribution in [1.29, 1.82) is 0 Å². The first kappa shape index (κ1) is 9.55. The van der Waals surface area contributed by atoms with Gasteiger partial charge in [0.25, 0.3) is 0 Å². The minimum Gasteiger partial charge on any atom is -0.211 e. The van der Waals surface area contributed by atoms with Crippen molar-refractivity contribution in [3.05, 3.63) is 35.4 Å². The minimum absolute atomic E-state index is 0.447. The highest BCUT2D eigenvalue weighted by Crippen LogP contribution is 2.18. The number of carbonyl (C=O) groups excluding carboxylic acids is 1. The number of benzene rings is 1. The monoisotopic (exact) mass is 183 g/mol. The van der Waals surface area contributed by atoms with E-state index in [-0.39, 0.29) is 0 Å². The maximum atomic E-state index is 12.7. The quantitative estimate of drug-likeness (QED) is 0.511. The van der Waals surface area contributed by atoms with E-state index in [9.17, 15) is 13.6 Å². The highest BCUT2D eigenvalue weighted by Gasteiger charge is 2.07. The summed E-state index contributed by atoms with van der Waals surface area (Å²) in [5, 5.41) is 0. The predicted molar refractivity (Wildman–Crippen MR) is 42.9 cm³/mol. The highest BCUT2D eigenvalue weighted by molar-refractivity contribution is 5.35. The van der Waals surface area contributed by atoms with Crippen LogP contribution in [0.3, 0.4) is 0 Å². The summed E-state index contributed by atoms with van der Waals surface area (Å²) in [5.41, 5.74) is 0.447. The molecule has 2 nitrogen and oxygen atoms in total. The van der Waals surface area contributed by atoms with Crippen molar-refractivity contribution < 1.29 is 13.6 Å². The molecule has 68 valence electrons. The number of hydrogen-bond acceptors (Lipinski definition) is 2. The Hall–Kier alpha value is -1.54. The summed E-state index contributed by atoms with van der Waals surface area (Å²) in [7, 11) is 0. The van der Waals surface area contributed by atoms with Crippen LogP contribution in [-0.4, -0.2) is 6.08 Å². The predicted octanol–water partition coefficient (Wildman–Crippen LogP) is 2.36.